The molecule has 1 unspecified atom stereocenters. The molecule has 0 bridgehead atoms. The molecule has 0 aromatic rings. The maximum absolute atomic E-state index is 5.82. The first-order valence-corrected chi connectivity index (χ1v) is 4.72. The zero-order chi connectivity index (χ0) is 7.90. The molecule has 0 amide bonds. The van der Waals surface area contributed by atoms with Crippen LogP contribution in [-0.4, -0.2) is 30.1 Å². The summed E-state index contributed by atoms with van der Waals surface area (Å²) in [4.78, 5) is 2.56. The number of nitrogens with zero attached hydrogens (tertiary/aromatic N) is 1. The van der Waals surface area contributed by atoms with Crippen LogP contribution in [0, 0.1) is 5.92 Å². The smallest absolute Gasteiger partial charge is 0.0331 e. The number of hydrogen-bond donors (Lipinski definition) is 1. The molecule has 1 aliphatic carbocycles. The van der Waals surface area contributed by atoms with E-state index >= 15 is 0 Å². The van der Waals surface area contributed by atoms with Gasteiger partial charge < -0.3 is 5.73 Å². The van der Waals surface area contributed by atoms with Crippen molar-refractivity contribution in [2.75, 3.05) is 19.6 Å². The first-order chi connectivity index (χ1) is 5.27. The standard InChI is InChI=1S/C9H18N2/c1-9(7-10,8-3-4-8)11-5-2-6-11/h8H,2-7,10H2,1H3. The fraction of sp³-hybridized carbons (Fsp3) is 1.00. The monoisotopic (exact) mass is 154 g/mol. The van der Waals surface area contributed by atoms with Crippen molar-refractivity contribution in [3.05, 3.63) is 0 Å². The summed E-state index contributed by atoms with van der Waals surface area (Å²) in [5.41, 5.74) is 6.18. The minimum atomic E-state index is 0.359. The molecule has 1 saturated carbocycles. The highest BCUT2D eigenvalue weighted by molar-refractivity contribution is 5.02. The third kappa shape index (κ3) is 1.09. The lowest BCUT2D eigenvalue weighted by molar-refractivity contribution is 0.0316. The molecule has 64 valence electrons. The fourth-order valence-electron chi connectivity index (χ4n) is 2.09. The molecule has 1 heterocycles. The normalized spacial score (nSPS) is 31.1. The summed E-state index contributed by atoms with van der Waals surface area (Å²) in [6.07, 6.45) is 4.19. The second-order valence-corrected chi connectivity index (χ2v) is 4.18. The predicted molar refractivity (Wildman–Crippen MR) is 46.4 cm³/mol. The summed E-state index contributed by atoms with van der Waals surface area (Å²) in [6.45, 7) is 5.75. The van der Waals surface area contributed by atoms with Crippen molar-refractivity contribution in [3.8, 4) is 0 Å². The van der Waals surface area contributed by atoms with Gasteiger partial charge in [0.25, 0.3) is 0 Å². The van der Waals surface area contributed by atoms with Crippen LogP contribution in [0.4, 0.5) is 0 Å². The van der Waals surface area contributed by atoms with E-state index in [0.29, 0.717) is 5.54 Å². The van der Waals surface area contributed by atoms with Crippen molar-refractivity contribution in [2.45, 2.75) is 31.7 Å². The van der Waals surface area contributed by atoms with Gasteiger partial charge in [-0.25, -0.2) is 0 Å². The number of rotatable bonds is 3. The van der Waals surface area contributed by atoms with E-state index in [9.17, 15) is 0 Å². The summed E-state index contributed by atoms with van der Waals surface area (Å²) in [7, 11) is 0. The molecule has 11 heavy (non-hydrogen) atoms. The molecule has 2 nitrogen and oxygen atoms in total. The second-order valence-electron chi connectivity index (χ2n) is 4.18. The molecule has 0 spiro atoms. The molecule has 1 saturated heterocycles. The molecule has 2 rings (SSSR count). The zero-order valence-corrected chi connectivity index (χ0v) is 7.34. The SMILES string of the molecule is CC(CN)(C1CC1)N1CCC1. The molecule has 2 N–H and O–H groups in total. The molecule has 2 heteroatoms. The Balaban J connectivity index is 2.01. The van der Waals surface area contributed by atoms with Gasteiger partial charge in [0.1, 0.15) is 0 Å². The van der Waals surface area contributed by atoms with Gasteiger partial charge in [-0.3, -0.25) is 4.90 Å². The van der Waals surface area contributed by atoms with Crippen molar-refractivity contribution in [3.63, 3.8) is 0 Å². The Morgan fingerprint density at radius 3 is 2.36 bits per heavy atom. The Morgan fingerprint density at radius 2 is 2.09 bits per heavy atom. The number of hydrogen-bond acceptors (Lipinski definition) is 2. The highest BCUT2D eigenvalue weighted by Gasteiger charge is 2.46. The van der Waals surface area contributed by atoms with E-state index in [-0.39, 0.29) is 0 Å². The molecule has 0 radical (unpaired) electrons. The summed E-state index contributed by atoms with van der Waals surface area (Å²) in [5, 5.41) is 0. The van der Waals surface area contributed by atoms with Crippen molar-refractivity contribution in [2.24, 2.45) is 11.7 Å². The van der Waals surface area contributed by atoms with Crippen LogP contribution < -0.4 is 5.73 Å². The summed E-state index contributed by atoms with van der Waals surface area (Å²) in [5.74, 6) is 0.910. The lowest BCUT2D eigenvalue weighted by atomic mass is 9.90. The topological polar surface area (TPSA) is 29.3 Å². The van der Waals surface area contributed by atoms with Gasteiger partial charge in [0.05, 0.1) is 0 Å². The average Bonchev–Trinajstić information content (AvgIpc) is 2.63. The van der Waals surface area contributed by atoms with Crippen LogP contribution in [0.15, 0.2) is 0 Å². The third-order valence-electron chi connectivity index (χ3n) is 3.45. The second kappa shape index (κ2) is 2.46. The van der Waals surface area contributed by atoms with Crippen molar-refractivity contribution in [1.29, 1.82) is 0 Å². The first-order valence-electron chi connectivity index (χ1n) is 4.72. The van der Waals surface area contributed by atoms with Crippen LogP contribution in [0.3, 0.4) is 0 Å². The Hall–Kier alpha value is -0.0800. The molecule has 2 fully saturated rings. The van der Waals surface area contributed by atoms with Gasteiger partial charge in [-0.05, 0) is 45.2 Å². The van der Waals surface area contributed by atoms with Crippen LogP contribution in [-0.2, 0) is 0 Å². The van der Waals surface area contributed by atoms with Gasteiger partial charge in [-0.1, -0.05) is 0 Å². The van der Waals surface area contributed by atoms with Crippen molar-refractivity contribution >= 4 is 0 Å². The summed E-state index contributed by atoms with van der Waals surface area (Å²) >= 11 is 0. The van der Waals surface area contributed by atoms with E-state index in [4.69, 9.17) is 5.73 Å². The Kier molecular flexibility index (Phi) is 1.69. The molecule has 1 atom stereocenters. The van der Waals surface area contributed by atoms with E-state index in [1.165, 1.54) is 32.4 Å². The highest BCUT2D eigenvalue weighted by Crippen LogP contribution is 2.43. The lowest BCUT2D eigenvalue weighted by Crippen LogP contribution is -2.58. The quantitative estimate of drug-likeness (QED) is 0.652. The van der Waals surface area contributed by atoms with Gasteiger partial charge in [-0.15, -0.1) is 0 Å². The Labute approximate surface area is 68.7 Å². The number of nitrogens with two attached hydrogens (primary N) is 1. The van der Waals surface area contributed by atoms with E-state index in [1.807, 2.05) is 0 Å². The van der Waals surface area contributed by atoms with Crippen LogP contribution in [0.25, 0.3) is 0 Å². The van der Waals surface area contributed by atoms with Gasteiger partial charge in [0, 0.05) is 12.1 Å². The molecule has 2 aliphatic rings. The van der Waals surface area contributed by atoms with E-state index in [1.54, 1.807) is 0 Å². The van der Waals surface area contributed by atoms with Crippen LogP contribution in [0.5, 0.6) is 0 Å². The lowest BCUT2D eigenvalue weighted by Gasteiger charge is -2.46. The average molecular weight is 154 g/mol. The molecular weight excluding hydrogens is 136 g/mol. The molecule has 1 aliphatic heterocycles. The van der Waals surface area contributed by atoms with Crippen LogP contribution in [0.2, 0.25) is 0 Å². The van der Waals surface area contributed by atoms with Gasteiger partial charge in [0.15, 0.2) is 0 Å². The van der Waals surface area contributed by atoms with E-state index in [2.05, 4.69) is 11.8 Å². The molecular formula is C9H18N2. The predicted octanol–water partition coefficient (Wildman–Crippen LogP) is 0.820. The first kappa shape index (κ1) is 7.56. The van der Waals surface area contributed by atoms with Crippen LogP contribution >= 0.6 is 0 Å². The van der Waals surface area contributed by atoms with Gasteiger partial charge >= 0.3 is 0 Å². The summed E-state index contributed by atoms with van der Waals surface area (Å²) < 4.78 is 0. The zero-order valence-electron chi connectivity index (χ0n) is 7.34. The Bertz CT molecular complexity index is 150. The molecule has 0 aromatic carbocycles. The maximum Gasteiger partial charge on any atom is 0.0331 e. The van der Waals surface area contributed by atoms with E-state index in [0.717, 1.165) is 12.5 Å². The maximum atomic E-state index is 5.82. The van der Waals surface area contributed by atoms with E-state index < -0.39 is 0 Å². The highest BCUT2D eigenvalue weighted by atomic mass is 15.3. The minimum absolute atomic E-state index is 0.359. The fourth-order valence-corrected chi connectivity index (χ4v) is 2.09. The summed E-state index contributed by atoms with van der Waals surface area (Å²) in [6, 6.07) is 0. The number of likely N-dealkylation sites (tertiary alicyclic amines) is 1. The third-order valence-corrected chi connectivity index (χ3v) is 3.45. The van der Waals surface area contributed by atoms with Crippen molar-refractivity contribution in [1.82, 2.24) is 4.90 Å². The minimum Gasteiger partial charge on any atom is -0.329 e. The van der Waals surface area contributed by atoms with Crippen molar-refractivity contribution < 1.29 is 0 Å². The van der Waals surface area contributed by atoms with Gasteiger partial charge in [0.2, 0.25) is 0 Å². The molecule has 0 aromatic heterocycles. The van der Waals surface area contributed by atoms with Crippen LogP contribution in [0.1, 0.15) is 26.2 Å². The largest absolute Gasteiger partial charge is 0.329 e. The Morgan fingerprint density at radius 1 is 1.45 bits per heavy atom. The van der Waals surface area contributed by atoms with Gasteiger partial charge in [-0.2, -0.15) is 0 Å².